The molecule has 0 aliphatic heterocycles. The second kappa shape index (κ2) is 3.68. The summed E-state index contributed by atoms with van der Waals surface area (Å²) in [6.07, 6.45) is 2.04. The van der Waals surface area contributed by atoms with Crippen molar-refractivity contribution < 1.29 is 0 Å². The lowest BCUT2D eigenvalue weighted by Crippen LogP contribution is -2.00. The van der Waals surface area contributed by atoms with Gasteiger partial charge in [0.25, 0.3) is 0 Å². The van der Waals surface area contributed by atoms with Gasteiger partial charge >= 0.3 is 0 Å². The minimum Gasteiger partial charge on any atom is -0.351 e. The van der Waals surface area contributed by atoms with Gasteiger partial charge in [0.1, 0.15) is 0 Å². The minimum absolute atomic E-state index is 0.585. The third-order valence-corrected chi connectivity index (χ3v) is 2.46. The Hall–Kier alpha value is -1.54. The first-order valence-corrected chi connectivity index (χ1v) is 4.72. The van der Waals surface area contributed by atoms with Gasteiger partial charge < -0.3 is 10.3 Å². The first-order chi connectivity index (χ1) is 6.83. The summed E-state index contributed by atoms with van der Waals surface area (Å²) in [5, 5.41) is 0. The van der Waals surface area contributed by atoms with Crippen molar-refractivity contribution in [3.63, 3.8) is 0 Å². The van der Waals surface area contributed by atoms with E-state index in [0.717, 1.165) is 0 Å². The van der Waals surface area contributed by atoms with Crippen LogP contribution >= 0.6 is 0 Å². The number of nitrogens with two attached hydrogens (primary N) is 1. The molecule has 14 heavy (non-hydrogen) atoms. The molecule has 0 radical (unpaired) electrons. The fourth-order valence-corrected chi connectivity index (χ4v) is 1.69. The molecule has 0 saturated heterocycles. The molecule has 0 fully saturated rings. The predicted molar refractivity (Wildman–Crippen MR) is 58.7 cm³/mol. The minimum atomic E-state index is 0.585. The van der Waals surface area contributed by atoms with E-state index in [1.807, 2.05) is 31.4 Å². The van der Waals surface area contributed by atoms with E-state index in [1.54, 1.807) is 0 Å². The zero-order valence-corrected chi connectivity index (χ0v) is 8.27. The standard InChI is InChI=1S/C12H14N2/c1-14-8-4-7-12(14)11-6-3-2-5-10(11)9-13/h2-8H,9,13H2,1H3. The molecular weight excluding hydrogens is 172 g/mol. The van der Waals surface area contributed by atoms with Gasteiger partial charge in [-0.15, -0.1) is 0 Å². The van der Waals surface area contributed by atoms with E-state index in [9.17, 15) is 0 Å². The Labute approximate surface area is 84.0 Å². The van der Waals surface area contributed by atoms with Gasteiger partial charge in [0, 0.05) is 31.0 Å². The highest BCUT2D eigenvalue weighted by atomic mass is 14.9. The van der Waals surface area contributed by atoms with Gasteiger partial charge in [-0.2, -0.15) is 0 Å². The second-order valence-corrected chi connectivity index (χ2v) is 3.37. The van der Waals surface area contributed by atoms with Gasteiger partial charge in [0.05, 0.1) is 0 Å². The largest absolute Gasteiger partial charge is 0.351 e. The number of hydrogen-bond acceptors (Lipinski definition) is 1. The lowest BCUT2D eigenvalue weighted by molar-refractivity contribution is 0.932. The van der Waals surface area contributed by atoms with E-state index >= 15 is 0 Å². The summed E-state index contributed by atoms with van der Waals surface area (Å²) in [5.74, 6) is 0. The van der Waals surface area contributed by atoms with E-state index in [1.165, 1.54) is 16.8 Å². The van der Waals surface area contributed by atoms with E-state index in [-0.39, 0.29) is 0 Å². The van der Waals surface area contributed by atoms with Crippen molar-refractivity contribution in [2.24, 2.45) is 12.8 Å². The summed E-state index contributed by atoms with van der Waals surface area (Å²) in [6, 6.07) is 12.4. The average Bonchev–Trinajstić information content (AvgIpc) is 2.64. The number of benzene rings is 1. The quantitative estimate of drug-likeness (QED) is 0.765. The number of hydrogen-bond donors (Lipinski definition) is 1. The normalized spacial score (nSPS) is 10.4. The van der Waals surface area contributed by atoms with Crippen LogP contribution in [0.15, 0.2) is 42.6 Å². The molecule has 0 bridgehead atoms. The molecule has 2 heteroatoms. The Morgan fingerprint density at radius 1 is 1.14 bits per heavy atom. The highest BCUT2D eigenvalue weighted by Crippen LogP contribution is 2.22. The highest BCUT2D eigenvalue weighted by Gasteiger charge is 2.04. The van der Waals surface area contributed by atoms with Crippen molar-refractivity contribution in [3.05, 3.63) is 48.2 Å². The lowest BCUT2D eigenvalue weighted by Gasteiger charge is -2.08. The van der Waals surface area contributed by atoms with E-state index < -0.39 is 0 Å². The molecule has 1 aromatic heterocycles. The first kappa shape index (κ1) is 9.03. The zero-order chi connectivity index (χ0) is 9.97. The monoisotopic (exact) mass is 186 g/mol. The van der Waals surface area contributed by atoms with E-state index in [2.05, 4.69) is 22.8 Å². The van der Waals surface area contributed by atoms with Crippen LogP contribution in [0.2, 0.25) is 0 Å². The van der Waals surface area contributed by atoms with Crippen LogP contribution in [-0.2, 0) is 13.6 Å². The van der Waals surface area contributed by atoms with Crippen molar-refractivity contribution in [2.45, 2.75) is 6.54 Å². The maximum absolute atomic E-state index is 5.70. The molecule has 0 saturated carbocycles. The molecule has 1 heterocycles. The smallest absolute Gasteiger partial charge is 0.0480 e. The number of aryl methyl sites for hydroxylation is 1. The zero-order valence-electron chi connectivity index (χ0n) is 8.27. The van der Waals surface area contributed by atoms with E-state index in [0.29, 0.717) is 6.54 Å². The maximum atomic E-state index is 5.70. The third-order valence-electron chi connectivity index (χ3n) is 2.46. The molecule has 1 aromatic carbocycles. The summed E-state index contributed by atoms with van der Waals surface area (Å²) < 4.78 is 2.11. The van der Waals surface area contributed by atoms with Crippen molar-refractivity contribution in [1.29, 1.82) is 0 Å². The lowest BCUT2D eigenvalue weighted by atomic mass is 10.0. The van der Waals surface area contributed by atoms with E-state index in [4.69, 9.17) is 5.73 Å². The second-order valence-electron chi connectivity index (χ2n) is 3.37. The predicted octanol–water partition coefficient (Wildman–Crippen LogP) is 2.15. The number of rotatable bonds is 2. The highest BCUT2D eigenvalue weighted by molar-refractivity contribution is 5.64. The van der Waals surface area contributed by atoms with Crippen LogP contribution < -0.4 is 5.73 Å². The van der Waals surface area contributed by atoms with Gasteiger partial charge in [-0.3, -0.25) is 0 Å². The van der Waals surface area contributed by atoms with Crippen LogP contribution in [0.3, 0.4) is 0 Å². The molecule has 72 valence electrons. The Bertz CT molecular complexity index is 429. The van der Waals surface area contributed by atoms with Gasteiger partial charge in [-0.05, 0) is 17.7 Å². The van der Waals surface area contributed by atoms with Gasteiger partial charge in [-0.25, -0.2) is 0 Å². The molecule has 0 atom stereocenters. The Kier molecular flexibility index (Phi) is 2.37. The summed E-state index contributed by atoms with van der Waals surface area (Å²) >= 11 is 0. The van der Waals surface area contributed by atoms with Crippen molar-refractivity contribution >= 4 is 0 Å². The van der Waals surface area contributed by atoms with Crippen LogP contribution in [0.5, 0.6) is 0 Å². The van der Waals surface area contributed by atoms with Crippen LogP contribution in [0.4, 0.5) is 0 Å². The molecule has 2 aromatic rings. The Morgan fingerprint density at radius 3 is 2.57 bits per heavy atom. The molecule has 2 rings (SSSR count). The summed E-state index contributed by atoms with van der Waals surface area (Å²) in [4.78, 5) is 0. The fourth-order valence-electron chi connectivity index (χ4n) is 1.69. The SMILES string of the molecule is Cn1cccc1-c1ccccc1CN. The van der Waals surface area contributed by atoms with Crippen LogP contribution in [0.1, 0.15) is 5.56 Å². The summed E-state index contributed by atoms with van der Waals surface area (Å²) in [6.45, 7) is 0.585. The molecule has 2 nitrogen and oxygen atoms in total. The van der Waals surface area contributed by atoms with Gasteiger partial charge in [-0.1, -0.05) is 24.3 Å². The van der Waals surface area contributed by atoms with Crippen LogP contribution in [0.25, 0.3) is 11.3 Å². The summed E-state index contributed by atoms with van der Waals surface area (Å²) in [5.41, 5.74) is 9.33. The van der Waals surface area contributed by atoms with Gasteiger partial charge in [0.2, 0.25) is 0 Å². The Morgan fingerprint density at radius 2 is 1.93 bits per heavy atom. The Balaban J connectivity index is 2.56. The van der Waals surface area contributed by atoms with Crippen molar-refractivity contribution in [3.8, 4) is 11.3 Å². The molecule has 0 amide bonds. The first-order valence-electron chi connectivity index (χ1n) is 4.72. The van der Waals surface area contributed by atoms with Crippen LogP contribution in [0, 0.1) is 0 Å². The number of nitrogens with zero attached hydrogens (tertiary/aromatic N) is 1. The molecule has 0 unspecified atom stereocenters. The van der Waals surface area contributed by atoms with Gasteiger partial charge in [0.15, 0.2) is 0 Å². The third kappa shape index (κ3) is 1.44. The molecule has 0 spiro atoms. The molecule has 0 aliphatic rings. The van der Waals surface area contributed by atoms with Crippen LogP contribution in [-0.4, -0.2) is 4.57 Å². The fraction of sp³-hybridized carbons (Fsp3) is 0.167. The molecular formula is C12H14N2. The van der Waals surface area contributed by atoms with Crippen molar-refractivity contribution in [2.75, 3.05) is 0 Å². The van der Waals surface area contributed by atoms with Crippen molar-refractivity contribution in [1.82, 2.24) is 4.57 Å². The average molecular weight is 186 g/mol. The maximum Gasteiger partial charge on any atom is 0.0480 e. The number of aromatic nitrogens is 1. The summed E-state index contributed by atoms with van der Waals surface area (Å²) in [7, 11) is 2.04. The molecule has 0 aliphatic carbocycles. The topological polar surface area (TPSA) is 30.9 Å². The molecule has 2 N–H and O–H groups in total.